The van der Waals surface area contributed by atoms with Crippen LogP contribution in [0.2, 0.25) is 0 Å². The molecule has 2 aromatic rings. The zero-order valence-electron chi connectivity index (χ0n) is 16.7. The number of carbonyl (C=O) groups excluding carboxylic acids is 2. The number of amides is 2. The number of quaternary nitrogens is 1. The highest BCUT2D eigenvalue weighted by molar-refractivity contribution is 6.29. The molecule has 0 bridgehead atoms. The first kappa shape index (κ1) is 20.4. The van der Waals surface area contributed by atoms with Gasteiger partial charge < -0.3 is 9.64 Å². The number of nitrogens with zero attached hydrogens (tertiary/aromatic N) is 2. The van der Waals surface area contributed by atoms with Crippen molar-refractivity contribution in [3.8, 4) is 0 Å². The minimum atomic E-state index is -0.639. The summed E-state index contributed by atoms with van der Waals surface area (Å²) in [5.74, 6) is -1.83. The molecule has 1 atom stereocenters. The van der Waals surface area contributed by atoms with Crippen LogP contribution in [0.15, 0.2) is 53.5 Å². The first-order chi connectivity index (χ1) is 14.6. The molecule has 2 amide bonds. The van der Waals surface area contributed by atoms with Gasteiger partial charge in [-0.15, -0.1) is 0 Å². The number of imide groups is 1. The molecule has 2 aromatic carbocycles. The van der Waals surface area contributed by atoms with E-state index in [1.54, 1.807) is 24.4 Å². The summed E-state index contributed by atoms with van der Waals surface area (Å²) >= 11 is 0. The highest BCUT2D eigenvalue weighted by Crippen LogP contribution is 2.31. The number of rotatable bonds is 6. The van der Waals surface area contributed by atoms with E-state index in [9.17, 15) is 14.0 Å². The summed E-state index contributed by atoms with van der Waals surface area (Å²) in [4.78, 5) is 33.3. The molecular formula is C23H25FN3O3+. The average molecular weight is 410 g/mol. The van der Waals surface area contributed by atoms with Crippen molar-refractivity contribution in [2.45, 2.75) is 12.3 Å². The zero-order chi connectivity index (χ0) is 20.9. The minimum Gasteiger partial charge on any atom is -0.370 e. The number of morpholine rings is 1. The summed E-state index contributed by atoms with van der Waals surface area (Å²) in [5.41, 5.74) is 1.49. The fraction of sp³-hybridized carbons (Fsp3) is 0.348. The number of hydrogen-bond donors (Lipinski definition) is 1. The van der Waals surface area contributed by atoms with Crippen molar-refractivity contribution in [2.24, 2.45) is 4.99 Å². The van der Waals surface area contributed by atoms with Gasteiger partial charge in [-0.05, 0) is 35.9 Å². The van der Waals surface area contributed by atoms with Gasteiger partial charge in [-0.2, -0.15) is 0 Å². The molecule has 0 aromatic heterocycles. The summed E-state index contributed by atoms with van der Waals surface area (Å²) in [6.07, 6.45) is 2.58. The van der Waals surface area contributed by atoms with Gasteiger partial charge in [0.2, 0.25) is 5.91 Å². The molecule has 0 saturated carbocycles. The molecule has 0 aliphatic carbocycles. The SMILES string of the molecule is O=C1c2ccccc2[C@H](C=NCCC[NH+]2CCOCC2)C(=O)N1c1ccc(F)cc1. The van der Waals surface area contributed by atoms with Crippen molar-refractivity contribution < 1.29 is 23.6 Å². The van der Waals surface area contributed by atoms with Crippen LogP contribution in [0.1, 0.15) is 28.3 Å². The van der Waals surface area contributed by atoms with Gasteiger partial charge in [0, 0.05) is 24.7 Å². The standard InChI is InChI=1S/C23H24FN3O3/c24-17-6-8-18(9-7-17)27-22(28)20-5-2-1-4-19(20)21(23(27)29)16-25-10-3-11-26-12-14-30-15-13-26/h1-2,4-9,16,21H,3,10-15H2/p+1/t21-/m0/s1. The van der Waals surface area contributed by atoms with E-state index in [0.29, 0.717) is 23.4 Å². The number of ether oxygens (including phenoxy) is 1. The average Bonchev–Trinajstić information content (AvgIpc) is 2.77. The van der Waals surface area contributed by atoms with Crippen molar-refractivity contribution in [1.29, 1.82) is 0 Å². The highest BCUT2D eigenvalue weighted by Gasteiger charge is 2.38. The Hall–Kier alpha value is -2.90. The van der Waals surface area contributed by atoms with Crippen LogP contribution in [0.5, 0.6) is 0 Å². The fourth-order valence-electron chi connectivity index (χ4n) is 3.94. The Bertz CT molecular complexity index is 939. The summed E-state index contributed by atoms with van der Waals surface area (Å²) in [6.45, 7) is 5.30. The maximum absolute atomic E-state index is 13.3. The smallest absolute Gasteiger partial charge is 0.265 e. The molecule has 2 aliphatic heterocycles. The third-order valence-electron chi connectivity index (χ3n) is 5.57. The fourth-order valence-corrected chi connectivity index (χ4v) is 3.94. The van der Waals surface area contributed by atoms with Gasteiger partial charge in [0.1, 0.15) is 18.9 Å². The van der Waals surface area contributed by atoms with Gasteiger partial charge in [0.25, 0.3) is 5.91 Å². The maximum Gasteiger partial charge on any atom is 0.265 e. The lowest BCUT2D eigenvalue weighted by Gasteiger charge is -2.31. The summed E-state index contributed by atoms with van der Waals surface area (Å²) < 4.78 is 18.7. The van der Waals surface area contributed by atoms with E-state index in [0.717, 1.165) is 44.2 Å². The van der Waals surface area contributed by atoms with Crippen molar-refractivity contribution in [3.63, 3.8) is 0 Å². The number of hydrogen-bond acceptors (Lipinski definition) is 4. The Labute approximate surface area is 175 Å². The monoisotopic (exact) mass is 410 g/mol. The van der Waals surface area contributed by atoms with Gasteiger partial charge in [0.05, 0.1) is 31.4 Å². The van der Waals surface area contributed by atoms with Crippen LogP contribution >= 0.6 is 0 Å². The number of carbonyl (C=O) groups is 2. The molecule has 2 aliphatic rings. The lowest BCUT2D eigenvalue weighted by molar-refractivity contribution is -0.908. The van der Waals surface area contributed by atoms with Crippen LogP contribution < -0.4 is 9.80 Å². The predicted molar refractivity (Wildman–Crippen MR) is 112 cm³/mol. The van der Waals surface area contributed by atoms with Gasteiger partial charge in [0.15, 0.2) is 0 Å². The van der Waals surface area contributed by atoms with E-state index >= 15 is 0 Å². The molecule has 6 nitrogen and oxygen atoms in total. The summed E-state index contributed by atoms with van der Waals surface area (Å²) in [6, 6.07) is 12.5. The molecule has 0 radical (unpaired) electrons. The first-order valence-corrected chi connectivity index (χ1v) is 10.3. The molecule has 1 fully saturated rings. The third-order valence-corrected chi connectivity index (χ3v) is 5.57. The quantitative estimate of drug-likeness (QED) is 0.446. The second-order valence-electron chi connectivity index (χ2n) is 7.54. The van der Waals surface area contributed by atoms with E-state index in [2.05, 4.69) is 4.99 Å². The highest BCUT2D eigenvalue weighted by atomic mass is 19.1. The maximum atomic E-state index is 13.3. The van der Waals surface area contributed by atoms with E-state index < -0.39 is 17.6 Å². The molecule has 1 saturated heterocycles. The number of nitrogens with one attached hydrogen (secondary N) is 1. The third kappa shape index (κ3) is 4.32. The molecule has 1 N–H and O–H groups in total. The van der Waals surface area contributed by atoms with Crippen LogP contribution in [0, 0.1) is 5.82 Å². The van der Waals surface area contributed by atoms with Crippen molar-refractivity contribution in [1.82, 2.24) is 0 Å². The second kappa shape index (κ2) is 9.28. The predicted octanol–water partition coefficient (Wildman–Crippen LogP) is 1.47. The van der Waals surface area contributed by atoms with Crippen molar-refractivity contribution >= 4 is 23.7 Å². The first-order valence-electron chi connectivity index (χ1n) is 10.3. The van der Waals surface area contributed by atoms with Crippen LogP contribution in [0.25, 0.3) is 0 Å². The Morgan fingerprint density at radius 1 is 1.10 bits per heavy atom. The number of aliphatic imine (C=N–C) groups is 1. The van der Waals surface area contributed by atoms with E-state index in [4.69, 9.17) is 4.74 Å². The van der Waals surface area contributed by atoms with Gasteiger partial charge in [-0.1, -0.05) is 18.2 Å². The molecular weight excluding hydrogens is 385 g/mol. The topological polar surface area (TPSA) is 63.4 Å². The Balaban J connectivity index is 1.50. The van der Waals surface area contributed by atoms with Crippen LogP contribution in [-0.2, 0) is 9.53 Å². The normalized spacial score (nSPS) is 20.0. The number of anilines is 1. The van der Waals surface area contributed by atoms with Crippen LogP contribution in [0.3, 0.4) is 0 Å². The Morgan fingerprint density at radius 3 is 2.60 bits per heavy atom. The summed E-state index contributed by atoms with van der Waals surface area (Å²) in [7, 11) is 0. The van der Waals surface area contributed by atoms with E-state index in [1.165, 1.54) is 29.2 Å². The molecule has 0 spiro atoms. The molecule has 30 heavy (non-hydrogen) atoms. The lowest BCUT2D eigenvalue weighted by atomic mass is 9.89. The number of fused-ring (bicyclic) bond motifs is 1. The second-order valence-corrected chi connectivity index (χ2v) is 7.54. The Kier molecular flexibility index (Phi) is 6.30. The zero-order valence-corrected chi connectivity index (χ0v) is 16.7. The van der Waals surface area contributed by atoms with Crippen LogP contribution in [-0.4, -0.2) is 57.4 Å². The van der Waals surface area contributed by atoms with Crippen molar-refractivity contribution in [2.75, 3.05) is 44.3 Å². The number of halogens is 1. The number of benzene rings is 2. The minimum absolute atomic E-state index is 0.357. The lowest BCUT2D eigenvalue weighted by Crippen LogP contribution is -3.14. The van der Waals surface area contributed by atoms with Gasteiger partial charge in [-0.3, -0.25) is 14.6 Å². The van der Waals surface area contributed by atoms with Crippen LogP contribution in [0.4, 0.5) is 10.1 Å². The molecule has 7 heteroatoms. The van der Waals surface area contributed by atoms with Crippen molar-refractivity contribution in [3.05, 3.63) is 65.5 Å². The van der Waals surface area contributed by atoms with E-state index in [-0.39, 0.29) is 5.91 Å². The molecule has 2 heterocycles. The largest absolute Gasteiger partial charge is 0.370 e. The Morgan fingerprint density at radius 2 is 1.83 bits per heavy atom. The summed E-state index contributed by atoms with van der Waals surface area (Å²) in [5, 5.41) is 0. The molecule has 156 valence electrons. The molecule has 0 unspecified atom stereocenters. The van der Waals surface area contributed by atoms with Gasteiger partial charge in [-0.25, -0.2) is 9.29 Å². The molecule has 4 rings (SSSR count). The van der Waals surface area contributed by atoms with Gasteiger partial charge >= 0.3 is 0 Å². The van der Waals surface area contributed by atoms with E-state index in [1.807, 2.05) is 6.07 Å².